The van der Waals surface area contributed by atoms with Gasteiger partial charge in [0.05, 0.1) is 6.04 Å². The van der Waals surface area contributed by atoms with Crippen LogP contribution >= 0.6 is 0 Å². The highest BCUT2D eigenvalue weighted by molar-refractivity contribution is 5.93. The van der Waals surface area contributed by atoms with Gasteiger partial charge in [-0.1, -0.05) is 36.4 Å². The summed E-state index contributed by atoms with van der Waals surface area (Å²) in [5.74, 6) is 1.05. The van der Waals surface area contributed by atoms with Crippen molar-refractivity contribution in [1.29, 1.82) is 0 Å². The quantitative estimate of drug-likeness (QED) is 0.880. The van der Waals surface area contributed by atoms with Crippen LogP contribution in [0.1, 0.15) is 24.1 Å². The lowest BCUT2D eigenvalue weighted by molar-refractivity contribution is -0.118. The van der Waals surface area contributed by atoms with E-state index in [1.165, 1.54) is 11.8 Å². The molecular weight excluding hydrogens is 280 g/mol. The number of carbonyl (C=O) groups excluding carboxylic acids is 2. The van der Waals surface area contributed by atoms with Crippen LogP contribution in [-0.4, -0.2) is 23.9 Å². The monoisotopic (exact) mass is 296 g/mol. The van der Waals surface area contributed by atoms with E-state index in [4.69, 9.17) is 4.74 Å². The van der Waals surface area contributed by atoms with Gasteiger partial charge in [0, 0.05) is 25.1 Å². The van der Waals surface area contributed by atoms with E-state index in [0.717, 1.165) is 11.1 Å². The Kier molecular flexibility index (Phi) is 3.55. The molecule has 2 aromatic rings. The third-order valence-electron chi connectivity index (χ3n) is 3.64. The van der Waals surface area contributed by atoms with Gasteiger partial charge in [-0.05, 0) is 12.1 Å². The largest absolute Gasteiger partial charge is 0.457 e. The molecule has 0 bridgehead atoms. The third-order valence-corrected chi connectivity index (χ3v) is 3.64. The molecule has 0 aromatic heterocycles. The Morgan fingerprint density at radius 2 is 1.50 bits per heavy atom. The lowest BCUT2D eigenvalue weighted by Gasteiger charge is -2.34. The standard InChI is InChI=1S/C17H16N2O3/c1-11(20)18-17(21)19(2)16-12-7-3-5-9-14(12)22-15-10-6-4-8-13(15)16/h3-10,16H,1-2H3,(H,18,20,21). The predicted molar refractivity (Wildman–Crippen MR) is 81.8 cm³/mol. The van der Waals surface area contributed by atoms with Gasteiger partial charge in [0.2, 0.25) is 5.91 Å². The van der Waals surface area contributed by atoms with E-state index in [2.05, 4.69) is 5.32 Å². The van der Waals surface area contributed by atoms with E-state index in [0.29, 0.717) is 11.5 Å². The molecule has 0 radical (unpaired) electrons. The average molecular weight is 296 g/mol. The minimum atomic E-state index is -0.441. The number of amides is 3. The summed E-state index contributed by atoms with van der Waals surface area (Å²) in [5, 5.41) is 2.31. The molecule has 3 rings (SSSR count). The molecule has 5 nitrogen and oxygen atoms in total. The zero-order valence-electron chi connectivity index (χ0n) is 12.4. The number of carbonyl (C=O) groups is 2. The molecule has 1 aliphatic heterocycles. The second-order valence-corrected chi connectivity index (χ2v) is 5.18. The van der Waals surface area contributed by atoms with Gasteiger partial charge in [-0.15, -0.1) is 0 Å². The first-order valence-corrected chi connectivity index (χ1v) is 6.98. The number of hydrogen-bond donors (Lipinski definition) is 1. The second-order valence-electron chi connectivity index (χ2n) is 5.18. The van der Waals surface area contributed by atoms with Gasteiger partial charge in [-0.2, -0.15) is 0 Å². The minimum Gasteiger partial charge on any atom is -0.457 e. The maximum atomic E-state index is 12.2. The number of nitrogens with zero attached hydrogens (tertiary/aromatic N) is 1. The highest BCUT2D eigenvalue weighted by Crippen LogP contribution is 2.44. The minimum absolute atomic E-state index is 0.305. The molecule has 5 heteroatoms. The fraction of sp³-hybridized carbons (Fsp3) is 0.176. The molecule has 0 atom stereocenters. The van der Waals surface area contributed by atoms with Crippen molar-refractivity contribution in [2.45, 2.75) is 13.0 Å². The number of benzene rings is 2. The Labute approximate surface area is 128 Å². The van der Waals surface area contributed by atoms with Crippen molar-refractivity contribution < 1.29 is 14.3 Å². The SMILES string of the molecule is CC(=O)NC(=O)N(C)C1c2ccccc2Oc2ccccc21. The molecule has 1 aliphatic rings. The number of rotatable bonds is 1. The number of ether oxygens (including phenoxy) is 1. The van der Waals surface area contributed by atoms with Gasteiger partial charge >= 0.3 is 6.03 Å². The number of hydrogen-bond acceptors (Lipinski definition) is 3. The molecule has 3 amide bonds. The maximum Gasteiger partial charge on any atom is 0.324 e. The molecule has 0 spiro atoms. The van der Waals surface area contributed by atoms with Crippen LogP contribution < -0.4 is 10.1 Å². The Morgan fingerprint density at radius 1 is 1.00 bits per heavy atom. The first-order valence-electron chi connectivity index (χ1n) is 6.98. The second kappa shape index (κ2) is 5.52. The summed E-state index contributed by atoms with van der Waals surface area (Å²) in [4.78, 5) is 24.9. The average Bonchev–Trinajstić information content (AvgIpc) is 2.51. The highest BCUT2D eigenvalue weighted by atomic mass is 16.5. The van der Waals surface area contributed by atoms with Crippen molar-refractivity contribution in [3.8, 4) is 11.5 Å². The highest BCUT2D eigenvalue weighted by Gasteiger charge is 2.32. The normalized spacial score (nSPS) is 12.6. The van der Waals surface area contributed by atoms with Gasteiger partial charge in [-0.3, -0.25) is 10.1 Å². The van der Waals surface area contributed by atoms with Gasteiger partial charge < -0.3 is 9.64 Å². The summed E-state index contributed by atoms with van der Waals surface area (Å²) in [6.07, 6.45) is 0. The van der Waals surface area contributed by atoms with Crippen LogP contribution in [0.2, 0.25) is 0 Å². The van der Waals surface area contributed by atoms with Gasteiger partial charge in [0.15, 0.2) is 0 Å². The Hall–Kier alpha value is -2.82. The number of fused-ring (bicyclic) bond motifs is 2. The van der Waals surface area contributed by atoms with Crippen molar-refractivity contribution >= 4 is 11.9 Å². The Bertz CT molecular complexity index is 697. The van der Waals surface area contributed by atoms with Gasteiger partial charge in [0.25, 0.3) is 0 Å². The van der Waals surface area contributed by atoms with E-state index >= 15 is 0 Å². The van der Waals surface area contributed by atoms with E-state index in [1.807, 2.05) is 48.5 Å². The third kappa shape index (κ3) is 2.41. The summed E-state index contributed by atoms with van der Waals surface area (Å²) >= 11 is 0. The number of urea groups is 1. The van der Waals surface area contributed by atoms with Crippen LogP contribution in [-0.2, 0) is 4.79 Å². The fourth-order valence-electron chi connectivity index (χ4n) is 2.66. The molecule has 2 aromatic carbocycles. The van der Waals surface area contributed by atoms with E-state index in [-0.39, 0.29) is 11.9 Å². The summed E-state index contributed by atoms with van der Waals surface area (Å²) in [7, 11) is 1.67. The van der Waals surface area contributed by atoms with Crippen LogP contribution in [0.15, 0.2) is 48.5 Å². The summed E-state index contributed by atoms with van der Waals surface area (Å²) in [6.45, 7) is 1.32. The first kappa shape index (κ1) is 14.1. The van der Waals surface area contributed by atoms with Crippen LogP contribution in [0.3, 0.4) is 0 Å². The predicted octanol–water partition coefficient (Wildman–Crippen LogP) is 3.07. The molecule has 1 heterocycles. The number of imide groups is 1. The van der Waals surface area contributed by atoms with Crippen molar-refractivity contribution in [2.24, 2.45) is 0 Å². The van der Waals surface area contributed by atoms with Crippen LogP contribution in [0.4, 0.5) is 4.79 Å². The molecule has 0 saturated carbocycles. The summed E-state index contributed by atoms with van der Waals surface area (Å²) < 4.78 is 5.89. The molecular formula is C17H16N2O3. The van der Waals surface area contributed by atoms with Crippen LogP contribution in [0, 0.1) is 0 Å². The van der Waals surface area contributed by atoms with E-state index in [9.17, 15) is 9.59 Å². The smallest absolute Gasteiger partial charge is 0.324 e. The Balaban J connectivity index is 2.06. The number of nitrogens with one attached hydrogen (secondary N) is 1. The van der Waals surface area contributed by atoms with Crippen molar-refractivity contribution in [2.75, 3.05) is 7.05 Å². The first-order chi connectivity index (χ1) is 10.6. The van der Waals surface area contributed by atoms with Crippen molar-refractivity contribution in [3.63, 3.8) is 0 Å². The van der Waals surface area contributed by atoms with E-state index < -0.39 is 6.03 Å². The van der Waals surface area contributed by atoms with Crippen molar-refractivity contribution in [1.82, 2.24) is 10.2 Å². The zero-order chi connectivity index (χ0) is 15.7. The van der Waals surface area contributed by atoms with Gasteiger partial charge in [-0.25, -0.2) is 4.79 Å². The molecule has 1 N–H and O–H groups in total. The topological polar surface area (TPSA) is 58.6 Å². The summed E-state index contributed by atoms with van der Waals surface area (Å²) in [6, 6.07) is 14.4. The molecule has 0 saturated heterocycles. The lowest BCUT2D eigenvalue weighted by Crippen LogP contribution is -2.42. The summed E-state index contributed by atoms with van der Waals surface area (Å²) in [5.41, 5.74) is 1.78. The maximum absolute atomic E-state index is 12.2. The van der Waals surface area contributed by atoms with Crippen molar-refractivity contribution in [3.05, 3.63) is 59.7 Å². The molecule has 112 valence electrons. The lowest BCUT2D eigenvalue weighted by atomic mass is 9.93. The van der Waals surface area contributed by atoms with Crippen LogP contribution in [0.25, 0.3) is 0 Å². The van der Waals surface area contributed by atoms with Crippen LogP contribution in [0.5, 0.6) is 11.5 Å². The van der Waals surface area contributed by atoms with Gasteiger partial charge in [0.1, 0.15) is 11.5 Å². The molecule has 0 unspecified atom stereocenters. The number of para-hydroxylation sites is 2. The van der Waals surface area contributed by atoms with E-state index in [1.54, 1.807) is 7.05 Å². The molecule has 0 fully saturated rings. The molecule has 22 heavy (non-hydrogen) atoms. The Morgan fingerprint density at radius 3 is 2.00 bits per heavy atom. The molecule has 0 aliphatic carbocycles. The fourth-order valence-corrected chi connectivity index (χ4v) is 2.66. The zero-order valence-corrected chi connectivity index (χ0v) is 12.4.